The number of carbonyl (C=O) groups is 2. The Balaban J connectivity index is 2.59. The second-order valence-electron chi connectivity index (χ2n) is 4.67. The summed E-state index contributed by atoms with van der Waals surface area (Å²) in [6, 6.07) is 3.69. The molecule has 1 aromatic heterocycles. The van der Waals surface area contributed by atoms with Gasteiger partial charge in [-0.1, -0.05) is 0 Å². The number of pyridine rings is 1. The van der Waals surface area contributed by atoms with E-state index in [0.717, 1.165) is 5.56 Å². The Bertz CT molecular complexity index is 429. The van der Waals surface area contributed by atoms with E-state index in [2.05, 4.69) is 4.98 Å². The molecule has 0 unspecified atom stereocenters. The highest BCUT2D eigenvalue weighted by molar-refractivity contribution is 5.86. The molecule has 0 spiro atoms. The van der Waals surface area contributed by atoms with Gasteiger partial charge in [0.15, 0.2) is 0 Å². The Labute approximate surface area is 106 Å². The molecule has 1 N–H and O–H groups in total. The summed E-state index contributed by atoms with van der Waals surface area (Å²) in [7, 11) is 1.52. The van der Waals surface area contributed by atoms with Crippen molar-refractivity contribution in [2.45, 2.75) is 32.2 Å². The molecule has 0 aromatic carbocycles. The lowest BCUT2D eigenvalue weighted by Gasteiger charge is -2.31. The number of aliphatic carboxylic acids is 1. The number of aromatic nitrogens is 1. The van der Waals surface area contributed by atoms with Gasteiger partial charge in [0.2, 0.25) is 5.91 Å². The fourth-order valence-electron chi connectivity index (χ4n) is 1.42. The van der Waals surface area contributed by atoms with E-state index in [4.69, 9.17) is 5.11 Å². The average Bonchev–Trinajstić information content (AvgIpc) is 2.36. The summed E-state index contributed by atoms with van der Waals surface area (Å²) in [6.07, 6.45) is 4.22. The third kappa shape index (κ3) is 3.29. The summed E-state index contributed by atoms with van der Waals surface area (Å²) in [4.78, 5) is 28.1. The Morgan fingerprint density at radius 3 is 2.39 bits per heavy atom. The molecule has 0 aliphatic carbocycles. The minimum atomic E-state index is -1.19. The van der Waals surface area contributed by atoms with Gasteiger partial charge in [0.25, 0.3) is 0 Å². The summed E-state index contributed by atoms with van der Waals surface area (Å²) < 4.78 is 0. The number of carboxylic acids is 1. The first kappa shape index (κ1) is 14.2. The summed E-state index contributed by atoms with van der Waals surface area (Å²) >= 11 is 0. The molecule has 0 radical (unpaired) electrons. The molecule has 5 heteroatoms. The van der Waals surface area contributed by atoms with Crippen LogP contribution in [0.1, 0.15) is 25.8 Å². The highest BCUT2D eigenvalue weighted by Gasteiger charge is 2.34. The van der Waals surface area contributed by atoms with Crippen molar-refractivity contribution in [3.63, 3.8) is 0 Å². The molecular formula is C13H18N2O3. The first-order valence-electron chi connectivity index (χ1n) is 5.74. The van der Waals surface area contributed by atoms with E-state index in [0.29, 0.717) is 6.42 Å². The summed E-state index contributed by atoms with van der Waals surface area (Å²) in [5.41, 5.74) is -0.171. The number of hydrogen-bond donors (Lipinski definition) is 1. The predicted molar refractivity (Wildman–Crippen MR) is 67.0 cm³/mol. The number of carbonyl (C=O) groups excluding carboxylic acids is 1. The van der Waals surface area contributed by atoms with Crippen LogP contribution in [-0.4, -0.2) is 39.5 Å². The van der Waals surface area contributed by atoms with Crippen molar-refractivity contribution in [3.8, 4) is 0 Å². The highest BCUT2D eigenvalue weighted by atomic mass is 16.4. The molecule has 0 bridgehead atoms. The Hall–Kier alpha value is -1.91. The van der Waals surface area contributed by atoms with Crippen LogP contribution in [0.5, 0.6) is 0 Å². The van der Waals surface area contributed by atoms with E-state index in [9.17, 15) is 9.59 Å². The predicted octanol–water partition coefficient (Wildman–Crippen LogP) is 1.34. The van der Waals surface area contributed by atoms with Gasteiger partial charge in [0.05, 0.1) is 0 Å². The topological polar surface area (TPSA) is 70.5 Å². The molecule has 1 heterocycles. The van der Waals surface area contributed by atoms with Crippen LogP contribution in [0, 0.1) is 0 Å². The van der Waals surface area contributed by atoms with Gasteiger partial charge >= 0.3 is 5.97 Å². The van der Waals surface area contributed by atoms with Crippen LogP contribution in [0.4, 0.5) is 0 Å². The van der Waals surface area contributed by atoms with Gasteiger partial charge in [0.1, 0.15) is 5.54 Å². The molecule has 0 saturated heterocycles. The Morgan fingerprint density at radius 1 is 1.33 bits per heavy atom. The van der Waals surface area contributed by atoms with Crippen molar-refractivity contribution in [1.29, 1.82) is 0 Å². The van der Waals surface area contributed by atoms with E-state index in [1.54, 1.807) is 12.4 Å². The first-order valence-corrected chi connectivity index (χ1v) is 5.74. The molecule has 0 saturated carbocycles. The first-order chi connectivity index (χ1) is 8.35. The SMILES string of the molecule is CN(C(=O)CCc1ccncc1)C(C)(C)C(=O)O. The second-order valence-corrected chi connectivity index (χ2v) is 4.67. The number of rotatable bonds is 5. The van der Waals surface area contributed by atoms with Crippen LogP contribution in [0.15, 0.2) is 24.5 Å². The third-order valence-electron chi connectivity index (χ3n) is 3.11. The van der Waals surface area contributed by atoms with Gasteiger partial charge in [-0.05, 0) is 38.0 Å². The quantitative estimate of drug-likeness (QED) is 0.856. The fraction of sp³-hybridized carbons (Fsp3) is 0.462. The standard InChI is InChI=1S/C13H18N2O3/c1-13(2,12(17)18)15(3)11(16)5-4-10-6-8-14-9-7-10/h6-9H,4-5H2,1-3H3,(H,17,18). The van der Waals surface area contributed by atoms with Crippen LogP contribution >= 0.6 is 0 Å². The lowest BCUT2D eigenvalue weighted by molar-refractivity contribution is -0.155. The van der Waals surface area contributed by atoms with E-state index in [-0.39, 0.29) is 12.3 Å². The molecule has 1 rings (SSSR count). The van der Waals surface area contributed by atoms with Crippen LogP contribution < -0.4 is 0 Å². The smallest absolute Gasteiger partial charge is 0.329 e. The van der Waals surface area contributed by atoms with Crippen molar-refractivity contribution in [1.82, 2.24) is 9.88 Å². The summed E-state index contributed by atoms with van der Waals surface area (Å²) in [6.45, 7) is 3.03. The maximum Gasteiger partial charge on any atom is 0.329 e. The molecule has 0 aliphatic heterocycles. The number of hydrogen-bond acceptors (Lipinski definition) is 3. The average molecular weight is 250 g/mol. The summed E-state index contributed by atoms with van der Waals surface area (Å²) in [5.74, 6) is -1.19. The van der Waals surface area contributed by atoms with Crippen LogP contribution in [0.25, 0.3) is 0 Å². The Kier molecular flexibility index (Phi) is 4.42. The molecule has 1 aromatic rings. The van der Waals surface area contributed by atoms with Gasteiger partial charge in [-0.3, -0.25) is 9.78 Å². The van der Waals surface area contributed by atoms with Gasteiger partial charge in [-0.25, -0.2) is 4.79 Å². The minimum absolute atomic E-state index is 0.181. The van der Waals surface area contributed by atoms with Gasteiger partial charge in [-0.15, -0.1) is 0 Å². The van der Waals surface area contributed by atoms with Crippen LogP contribution in [0.3, 0.4) is 0 Å². The van der Waals surface area contributed by atoms with E-state index in [1.165, 1.54) is 25.8 Å². The zero-order chi connectivity index (χ0) is 13.8. The molecule has 18 heavy (non-hydrogen) atoms. The molecule has 0 aliphatic rings. The highest BCUT2D eigenvalue weighted by Crippen LogP contribution is 2.14. The molecule has 98 valence electrons. The number of aryl methyl sites for hydroxylation is 1. The van der Waals surface area contributed by atoms with Gasteiger partial charge in [0, 0.05) is 25.9 Å². The zero-order valence-corrected chi connectivity index (χ0v) is 10.9. The number of likely N-dealkylation sites (N-methyl/N-ethyl adjacent to an activating group) is 1. The van der Waals surface area contributed by atoms with E-state index >= 15 is 0 Å². The van der Waals surface area contributed by atoms with Crippen molar-refractivity contribution in [2.75, 3.05) is 7.05 Å². The number of amides is 1. The fourth-order valence-corrected chi connectivity index (χ4v) is 1.42. The third-order valence-corrected chi connectivity index (χ3v) is 3.11. The number of carboxylic acid groups (broad SMARTS) is 1. The molecule has 1 amide bonds. The number of nitrogens with zero attached hydrogens (tertiary/aromatic N) is 2. The van der Waals surface area contributed by atoms with Gasteiger partial charge < -0.3 is 10.0 Å². The maximum atomic E-state index is 11.9. The lowest BCUT2D eigenvalue weighted by atomic mass is 10.0. The monoisotopic (exact) mass is 250 g/mol. The van der Waals surface area contributed by atoms with Crippen molar-refractivity contribution >= 4 is 11.9 Å². The summed E-state index contributed by atoms with van der Waals surface area (Å²) in [5, 5.41) is 9.04. The molecular weight excluding hydrogens is 232 g/mol. The van der Waals surface area contributed by atoms with Crippen LogP contribution in [0.2, 0.25) is 0 Å². The maximum absolute atomic E-state index is 11.9. The lowest BCUT2D eigenvalue weighted by Crippen LogP contribution is -2.50. The van der Waals surface area contributed by atoms with Gasteiger partial charge in [-0.2, -0.15) is 0 Å². The second kappa shape index (κ2) is 5.62. The van der Waals surface area contributed by atoms with E-state index in [1.807, 2.05) is 12.1 Å². The molecule has 0 atom stereocenters. The minimum Gasteiger partial charge on any atom is -0.480 e. The zero-order valence-electron chi connectivity index (χ0n) is 10.9. The van der Waals surface area contributed by atoms with Crippen molar-refractivity contribution in [3.05, 3.63) is 30.1 Å². The van der Waals surface area contributed by atoms with Crippen molar-refractivity contribution in [2.24, 2.45) is 0 Å². The molecule has 5 nitrogen and oxygen atoms in total. The normalized spacial score (nSPS) is 11.1. The van der Waals surface area contributed by atoms with Crippen LogP contribution in [-0.2, 0) is 16.0 Å². The molecule has 0 fully saturated rings. The van der Waals surface area contributed by atoms with Crippen molar-refractivity contribution < 1.29 is 14.7 Å². The van der Waals surface area contributed by atoms with E-state index < -0.39 is 11.5 Å². The Morgan fingerprint density at radius 2 is 1.89 bits per heavy atom. The largest absolute Gasteiger partial charge is 0.480 e.